The first kappa shape index (κ1) is 14.4. The van der Waals surface area contributed by atoms with Crippen molar-refractivity contribution in [1.82, 2.24) is 10.3 Å². The van der Waals surface area contributed by atoms with Gasteiger partial charge in [0, 0.05) is 11.9 Å². The summed E-state index contributed by atoms with van der Waals surface area (Å²) < 4.78 is 5.35. The molecule has 2 N–H and O–H groups in total. The lowest BCUT2D eigenvalue weighted by Gasteiger charge is -2.07. The van der Waals surface area contributed by atoms with E-state index in [0.717, 1.165) is 21.2 Å². The van der Waals surface area contributed by atoms with Gasteiger partial charge in [0.1, 0.15) is 16.8 Å². The highest BCUT2D eigenvalue weighted by atomic mass is 32.2. The number of aromatic nitrogens is 1. The molecule has 2 heterocycles. The van der Waals surface area contributed by atoms with Crippen LogP contribution >= 0.6 is 23.1 Å². The van der Waals surface area contributed by atoms with Crippen LogP contribution in [-0.2, 0) is 4.79 Å². The topological polar surface area (TPSA) is 71.5 Å². The van der Waals surface area contributed by atoms with E-state index in [0.29, 0.717) is 5.75 Å². The molecule has 3 rings (SSSR count). The zero-order valence-corrected chi connectivity index (χ0v) is 12.9. The number of ether oxygens (including phenoxy) is 1. The van der Waals surface area contributed by atoms with Gasteiger partial charge in [0.05, 0.1) is 22.9 Å². The Bertz CT molecular complexity index is 659. The van der Waals surface area contributed by atoms with Crippen molar-refractivity contribution in [2.24, 2.45) is 0 Å². The number of hydrogen-bond acceptors (Lipinski definition) is 6. The number of hydrogen-bond donors (Lipinski definition) is 2. The highest BCUT2D eigenvalue weighted by molar-refractivity contribution is 7.99. The summed E-state index contributed by atoms with van der Waals surface area (Å²) in [6.07, 6.45) is 1.81. The van der Waals surface area contributed by atoms with Gasteiger partial charge in [-0.3, -0.25) is 10.1 Å². The molecule has 1 aliphatic rings. The molecule has 0 radical (unpaired) electrons. The van der Waals surface area contributed by atoms with Crippen molar-refractivity contribution in [3.05, 3.63) is 35.3 Å². The fourth-order valence-corrected chi connectivity index (χ4v) is 4.48. The summed E-state index contributed by atoms with van der Waals surface area (Å²) in [5.41, 5.74) is 0.953. The van der Waals surface area contributed by atoms with Gasteiger partial charge in [0.25, 0.3) is 0 Å². The molecular formula is C14H14N2O3S2. The molecule has 1 aromatic carbocycles. The first-order valence-corrected chi connectivity index (χ1v) is 8.25. The van der Waals surface area contributed by atoms with E-state index in [2.05, 4.69) is 10.3 Å². The minimum Gasteiger partial charge on any atom is -0.496 e. The molecule has 110 valence electrons. The van der Waals surface area contributed by atoms with Crippen LogP contribution in [0.5, 0.6) is 5.75 Å². The number of carboxylic acid groups (broad SMARTS) is 1. The van der Waals surface area contributed by atoms with Crippen LogP contribution in [0.4, 0.5) is 0 Å². The van der Waals surface area contributed by atoms with Gasteiger partial charge in [-0.2, -0.15) is 0 Å². The van der Waals surface area contributed by atoms with Crippen molar-refractivity contribution in [2.45, 2.75) is 11.4 Å². The van der Waals surface area contributed by atoms with Crippen LogP contribution in [0.1, 0.15) is 10.3 Å². The van der Waals surface area contributed by atoms with Crippen molar-refractivity contribution in [1.29, 1.82) is 0 Å². The molecule has 0 amide bonds. The van der Waals surface area contributed by atoms with E-state index in [-0.39, 0.29) is 5.37 Å². The molecule has 0 aliphatic carbocycles. The predicted octanol–water partition coefficient (Wildman–Crippen LogP) is 2.61. The van der Waals surface area contributed by atoms with Crippen LogP contribution in [0.15, 0.2) is 30.5 Å². The standard InChI is InChI=1S/C14H14N2O3S2/c1-19-10-5-3-2-4-8(10)12-15-6-11(21-12)13-16-9(7-20-13)14(17)18/h2-6,9,13,16H,7H2,1H3,(H,17,18). The predicted molar refractivity (Wildman–Crippen MR) is 83.9 cm³/mol. The number of nitrogens with one attached hydrogen (secondary N) is 1. The van der Waals surface area contributed by atoms with Crippen LogP contribution in [0.2, 0.25) is 0 Å². The normalized spacial score (nSPS) is 21.4. The van der Waals surface area contributed by atoms with Crippen molar-refractivity contribution >= 4 is 29.1 Å². The number of thiazole rings is 1. The first-order chi connectivity index (χ1) is 10.2. The SMILES string of the molecule is COc1ccccc1-c1ncc(C2NC(C(=O)O)CS2)s1. The molecular weight excluding hydrogens is 308 g/mol. The zero-order valence-electron chi connectivity index (χ0n) is 11.3. The average Bonchev–Trinajstić information content (AvgIpc) is 3.16. The average molecular weight is 322 g/mol. The number of thioether (sulfide) groups is 1. The minimum absolute atomic E-state index is 0.00735. The lowest BCUT2D eigenvalue weighted by molar-refractivity contribution is -0.138. The number of carboxylic acids is 1. The summed E-state index contributed by atoms with van der Waals surface area (Å²) in [7, 11) is 1.64. The van der Waals surface area contributed by atoms with Gasteiger partial charge in [-0.15, -0.1) is 23.1 Å². The Morgan fingerprint density at radius 3 is 3.00 bits per heavy atom. The maximum atomic E-state index is 11.0. The van der Waals surface area contributed by atoms with Crippen molar-refractivity contribution in [2.75, 3.05) is 12.9 Å². The number of nitrogens with zero attached hydrogens (tertiary/aromatic N) is 1. The third-order valence-corrected chi connectivity index (χ3v) is 5.69. The number of benzene rings is 1. The number of aliphatic carboxylic acids is 1. The molecule has 5 nitrogen and oxygen atoms in total. The quantitative estimate of drug-likeness (QED) is 0.901. The molecule has 1 fully saturated rings. The van der Waals surface area contributed by atoms with Gasteiger partial charge in [-0.1, -0.05) is 12.1 Å². The largest absolute Gasteiger partial charge is 0.496 e. The van der Waals surface area contributed by atoms with Gasteiger partial charge in [0.15, 0.2) is 0 Å². The van der Waals surface area contributed by atoms with Gasteiger partial charge >= 0.3 is 5.97 Å². The second-order valence-electron chi connectivity index (χ2n) is 4.54. The number of para-hydroxylation sites is 1. The molecule has 1 saturated heterocycles. The minimum atomic E-state index is -0.806. The third kappa shape index (κ3) is 2.90. The third-order valence-electron chi connectivity index (χ3n) is 3.20. The van der Waals surface area contributed by atoms with Crippen LogP contribution in [0.3, 0.4) is 0 Å². The van der Waals surface area contributed by atoms with Gasteiger partial charge in [-0.05, 0) is 12.1 Å². The van der Waals surface area contributed by atoms with Gasteiger partial charge in [0.2, 0.25) is 0 Å². The van der Waals surface area contributed by atoms with Crippen molar-refractivity contribution in [3.8, 4) is 16.3 Å². The second-order valence-corrected chi connectivity index (χ2v) is 6.74. The number of methoxy groups -OCH3 is 1. The maximum Gasteiger partial charge on any atom is 0.321 e. The van der Waals surface area contributed by atoms with Crippen LogP contribution in [0, 0.1) is 0 Å². The molecule has 0 saturated carbocycles. The lowest BCUT2D eigenvalue weighted by Crippen LogP contribution is -2.33. The monoisotopic (exact) mass is 322 g/mol. The van der Waals surface area contributed by atoms with Crippen molar-refractivity contribution in [3.63, 3.8) is 0 Å². The van der Waals surface area contributed by atoms with E-state index in [1.165, 1.54) is 0 Å². The maximum absolute atomic E-state index is 11.0. The van der Waals surface area contributed by atoms with E-state index < -0.39 is 12.0 Å². The summed E-state index contributed by atoms with van der Waals surface area (Å²) in [6.45, 7) is 0. The van der Waals surface area contributed by atoms with E-state index in [1.54, 1.807) is 36.4 Å². The fraction of sp³-hybridized carbons (Fsp3) is 0.286. The van der Waals surface area contributed by atoms with E-state index >= 15 is 0 Å². The van der Waals surface area contributed by atoms with E-state index in [4.69, 9.17) is 9.84 Å². The second kappa shape index (κ2) is 6.05. The van der Waals surface area contributed by atoms with Crippen LogP contribution in [-0.4, -0.2) is 35.0 Å². The zero-order chi connectivity index (χ0) is 14.8. The Labute approximate surface area is 130 Å². The molecule has 1 aliphatic heterocycles. The Balaban J connectivity index is 1.82. The highest BCUT2D eigenvalue weighted by Gasteiger charge is 2.31. The van der Waals surface area contributed by atoms with Gasteiger partial charge in [-0.25, -0.2) is 4.98 Å². The molecule has 0 bridgehead atoms. The summed E-state index contributed by atoms with van der Waals surface area (Å²) in [6, 6.07) is 7.25. The molecule has 2 atom stereocenters. The van der Waals surface area contributed by atoms with Crippen molar-refractivity contribution < 1.29 is 14.6 Å². The molecule has 0 spiro atoms. The highest BCUT2D eigenvalue weighted by Crippen LogP contribution is 2.39. The lowest BCUT2D eigenvalue weighted by atomic mass is 10.2. The Hall–Kier alpha value is -1.57. The first-order valence-electron chi connectivity index (χ1n) is 6.38. The molecule has 7 heteroatoms. The Morgan fingerprint density at radius 1 is 1.48 bits per heavy atom. The summed E-state index contributed by atoms with van der Waals surface area (Å²) in [5.74, 6) is 0.551. The fourth-order valence-electron chi connectivity index (χ4n) is 2.13. The number of carbonyl (C=O) groups is 1. The van der Waals surface area contributed by atoms with Gasteiger partial charge < -0.3 is 9.84 Å². The van der Waals surface area contributed by atoms with E-state index in [1.807, 2.05) is 24.3 Å². The number of rotatable bonds is 4. The molecule has 21 heavy (non-hydrogen) atoms. The smallest absolute Gasteiger partial charge is 0.321 e. The van der Waals surface area contributed by atoms with E-state index in [9.17, 15) is 4.79 Å². The van der Waals surface area contributed by atoms with Crippen LogP contribution in [0.25, 0.3) is 10.6 Å². The summed E-state index contributed by atoms with van der Waals surface area (Å²) in [4.78, 5) is 16.5. The Kier molecular flexibility index (Phi) is 4.14. The summed E-state index contributed by atoms with van der Waals surface area (Å²) in [5, 5.41) is 13.0. The van der Waals surface area contributed by atoms with Crippen LogP contribution < -0.4 is 10.1 Å². The summed E-state index contributed by atoms with van der Waals surface area (Å²) >= 11 is 3.16. The molecule has 2 unspecified atom stereocenters. The molecule has 2 aromatic rings. The Morgan fingerprint density at radius 2 is 2.29 bits per heavy atom. The molecule has 1 aromatic heterocycles.